The van der Waals surface area contributed by atoms with Crippen LogP contribution in [0.2, 0.25) is 5.02 Å². The van der Waals surface area contributed by atoms with Crippen molar-refractivity contribution in [2.24, 2.45) is 0 Å². The Hall–Kier alpha value is -2.14. The standard InChI is InChI=1S/C12H8ClFN2O2/c13-9-6-15-16(7-9)12-8(4-5-11(17)18)2-1-3-10(12)14/h1-7H,(H,17,18)/b5-4+. The first kappa shape index (κ1) is 12.3. The molecule has 0 bridgehead atoms. The molecule has 92 valence electrons. The van der Waals surface area contributed by atoms with E-state index in [4.69, 9.17) is 16.7 Å². The summed E-state index contributed by atoms with van der Waals surface area (Å²) in [6.07, 6.45) is 5.05. The van der Waals surface area contributed by atoms with Crippen molar-refractivity contribution in [3.05, 3.63) is 53.1 Å². The number of rotatable bonds is 3. The molecule has 2 rings (SSSR count). The number of aliphatic carboxylic acids is 1. The maximum atomic E-state index is 13.8. The van der Waals surface area contributed by atoms with Gasteiger partial charge in [0, 0.05) is 17.8 Å². The Labute approximate surface area is 107 Å². The molecule has 2 aromatic rings. The number of halogens is 2. The number of para-hydroxylation sites is 1. The van der Waals surface area contributed by atoms with Gasteiger partial charge < -0.3 is 5.11 Å². The van der Waals surface area contributed by atoms with Crippen LogP contribution in [0, 0.1) is 5.82 Å². The molecular weight excluding hydrogens is 259 g/mol. The SMILES string of the molecule is O=C(O)/C=C/c1cccc(F)c1-n1cc(Cl)cn1. The lowest BCUT2D eigenvalue weighted by Gasteiger charge is -2.07. The number of carboxylic acid groups (broad SMARTS) is 1. The predicted molar refractivity (Wildman–Crippen MR) is 65.2 cm³/mol. The Morgan fingerprint density at radius 3 is 2.89 bits per heavy atom. The van der Waals surface area contributed by atoms with E-state index in [0.29, 0.717) is 10.6 Å². The van der Waals surface area contributed by atoms with Gasteiger partial charge in [0.1, 0.15) is 11.5 Å². The van der Waals surface area contributed by atoms with E-state index in [9.17, 15) is 9.18 Å². The van der Waals surface area contributed by atoms with Crippen LogP contribution in [0.4, 0.5) is 4.39 Å². The van der Waals surface area contributed by atoms with Crippen LogP contribution < -0.4 is 0 Å². The van der Waals surface area contributed by atoms with E-state index in [1.165, 1.54) is 35.3 Å². The van der Waals surface area contributed by atoms with Gasteiger partial charge in [-0.2, -0.15) is 5.10 Å². The lowest BCUT2D eigenvalue weighted by atomic mass is 10.1. The van der Waals surface area contributed by atoms with Gasteiger partial charge in [-0.1, -0.05) is 23.7 Å². The van der Waals surface area contributed by atoms with Crippen LogP contribution in [0.15, 0.2) is 36.7 Å². The predicted octanol–water partition coefficient (Wildman–Crippen LogP) is 2.76. The van der Waals surface area contributed by atoms with Crippen LogP contribution in [-0.2, 0) is 4.79 Å². The third-order valence-electron chi connectivity index (χ3n) is 2.20. The summed E-state index contributed by atoms with van der Waals surface area (Å²) in [4.78, 5) is 10.5. The molecule has 0 spiro atoms. The zero-order valence-corrected chi connectivity index (χ0v) is 9.80. The first-order valence-electron chi connectivity index (χ1n) is 4.98. The van der Waals surface area contributed by atoms with E-state index in [0.717, 1.165) is 6.08 Å². The van der Waals surface area contributed by atoms with E-state index < -0.39 is 11.8 Å². The number of hydrogen-bond acceptors (Lipinski definition) is 2. The van der Waals surface area contributed by atoms with Crippen LogP contribution in [0.25, 0.3) is 11.8 Å². The second-order valence-corrected chi connectivity index (χ2v) is 3.89. The average Bonchev–Trinajstić information content (AvgIpc) is 2.72. The van der Waals surface area contributed by atoms with Crippen molar-refractivity contribution in [3.8, 4) is 5.69 Å². The smallest absolute Gasteiger partial charge is 0.328 e. The van der Waals surface area contributed by atoms with E-state index >= 15 is 0 Å². The van der Waals surface area contributed by atoms with Crippen molar-refractivity contribution < 1.29 is 14.3 Å². The molecule has 1 aromatic carbocycles. The fourth-order valence-corrected chi connectivity index (χ4v) is 1.63. The van der Waals surface area contributed by atoms with Crippen LogP contribution in [0.3, 0.4) is 0 Å². The second kappa shape index (κ2) is 5.01. The maximum absolute atomic E-state index is 13.8. The highest BCUT2D eigenvalue weighted by Gasteiger charge is 2.10. The van der Waals surface area contributed by atoms with Gasteiger partial charge in [-0.3, -0.25) is 0 Å². The molecule has 6 heteroatoms. The summed E-state index contributed by atoms with van der Waals surface area (Å²) in [5.74, 6) is -1.62. The summed E-state index contributed by atoms with van der Waals surface area (Å²) in [5.41, 5.74) is 0.555. The fourth-order valence-electron chi connectivity index (χ4n) is 1.49. The lowest BCUT2D eigenvalue weighted by molar-refractivity contribution is -0.131. The van der Waals surface area contributed by atoms with Crippen molar-refractivity contribution in [1.82, 2.24) is 9.78 Å². The van der Waals surface area contributed by atoms with Crippen LogP contribution in [0.1, 0.15) is 5.56 Å². The molecule has 0 atom stereocenters. The molecular formula is C12H8ClFN2O2. The number of nitrogens with zero attached hydrogens (tertiary/aromatic N) is 2. The van der Waals surface area contributed by atoms with Crippen LogP contribution in [-0.4, -0.2) is 20.9 Å². The largest absolute Gasteiger partial charge is 0.478 e. The minimum atomic E-state index is -1.11. The van der Waals surface area contributed by atoms with E-state index in [1.54, 1.807) is 6.07 Å². The molecule has 18 heavy (non-hydrogen) atoms. The third kappa shape index (κ3) is 2.57. The van der Waals surface area contributed by atoms with E-state index in [2.05, 4.69) is 5.10 Å². The molecule has 0 aliphatic rings. The molecule has 0 saturated heterocycles. The van der Waals surface area contributed by atoms with Gasteiger partial charge in [-0.15, -0.1) is 0 Å². The highest BCUT2D eigenvalue weighted by molar-refractivity contribution is 6.30. The minimum absolute atomic E-state index is 0.155. The van der Waals surface area contributed by atoms with Crippen molar-refractivity contribution in [3.63, 3.8) is 0 Å². The van der Waals surface area contributed by atoms with E-state index in [1.807, 2.05) is 0 Å². The molecule has 0 aliphatic heterocycles. The molecule has 0 aliphatic carbocycles. The maximum Gasteiger partial charge on any atom is 0.328 e. The number of carbonyl (C=O) groups is 1. The summed E-state index contributed by atoms with van der Waals surface area (Å²) in [5, 5.41) is 12.9. The Balaban J connectivity index is 2.54. The van der Waals surface area contributed by atoms with Gasteiger partial charge in [0.2, 0.25) is 0 Å². The molecule has 4 nitrogen and oxygen atoms in total. The highest BCUT2D eigenvalue weighted by Crippen LogP contribution is 2.21. The number of aromatic nitrogens is 2. The molecule has 0 fully saturated rings. The fraction of sp³-hybridized carbons (Fsp3) is 0. The summed E-state index contributed by atoms with van der Waals surface area (Å²) in [7, 11) is 0. The molecule has 0 unspecified atom stereocenters. The van der Waals surface area contributed by atoms with Gasteiger partial charge in [0.25, 0.3) is 0 Å². The molecule has 0 amide bonds. The molecule has 0 saturated carbocycles. The Bertz CT molecular complexity index is 622. The Kier molecular flexibility index (Phi) is 3.43. The van der Waals surface area contributed by atoms with Crippen molar-refractivity contribution in [1.29, 1.82) is 0 Å². The van der Waals surface area contributed by atoms with Gasteiger partial charge in [0.15, 0.2) is 0 Å². The Morgan fingerprint density at radius 2 is 2.28 bits per heavy atom. The van der Waals surface area contributed by atoms with Crippen LogP contribution in [0.5, 0.6) is 0 Å². The quantitative estimate of drug-likeness (QED) is 0.869. The first-order chi connectivity index (χ1) is 8.58. The average molecular weight is 267 g/mol. The molecule has 0 radical (unpaired) electrons. The van der Waals surface area contributed by atoms with Gasteiger partial charge in [-0.25, -0.2) is 13.9 Å². The van der Waals surface area contributed by atoms with E-state index in [-0.39, 0.29) is 5.69 Å². The van der Waals surface area contributed by atoms with Gasteiger partial charge >= 0.3 is 5.97 Å². The normalized spacial score (nSPS) is 11.0. The number of carboxylic acids is 1. The Morgan fingerprint density at radius 1 is 1.50 bits per heavy atom. The third-order valence-corrected chi connectivity index (χ3v) is 2.40. The highest BCUT2D eigenvalue weighted by atomic mass is 35.5. The lowest BCUT2D eigenvalue weighted by Crippen LogP contribution is -2.01. The zero-order chi connectivity index (χ0) is 13.1. The van der Waals surface area contributed by atoms with Gasteiger partial charge in [-0.05, 0) is 12.1 Å². The van der Waals surface area contributed by atoms with Gasteiger partial charge in [0.05, 0.1) is 11.2 Å². The summed E-state index contributed by atoms with van der Waals surface area (Å²) >= 11 is 5.72. The summed E-state index contributed by atoms with van der Waals surface area (Å²) in [6, 6.07) is 4.35. The first-order valence-corrected chi connectivity index (χ1v) is 5.36. The van der Waals surface area contributed by atoms with Crippen molar-refractivity contribution in [2.45, 2.75) is 0 Å². The molecule has 1 N–H and O–H groups in total. The van der Waals surface area contributed by atoms with Crippen molar-refractivity contribution in [2.75, 3.05) is 0 Å². The van der Waals surface area contributed by atoms with Crippen LogP contribution >= 0.6 is 11.6 Å². The topological polar surface area (TPSA) is 55.1 Å². The van der Waals surface area contributed by atoms with Crippen molar-refractivity contribution >= 4 is 23.6 Å². The molecule has 1 aromatic heterocycles. The summed E-state index contributed by atoms with van der Waals surface area (Å²) in [6.45, 7) is 0. The minimum Gasteiger partial charge on any atom is -0.478 e. The zero-order valence-electron chi connectivity index (χ0n) is 9.05. The molecule has 1 heterocycles. The monoisotopic (exact) mass is 266 g/mol. The number of benzene rings is 1. The number of hydrogen-bond donors (Lipinski definition) is 1. The summed E-state index contributed by atoms with van der Waals surface area (Å²) < 4.78 is 15.0. The second-order valence-electron chi connectivity index (χ2n) is 3.45.